The molecule has 2 N–H and O–H groups in total. The number of fused-ring (bicyclic) bond motifs is 1. The number of likely N-dealkylation sites (tertiary alicyclic amines) is 1. The Hall–Kier alpha value is -3.42. The van der Waals surface area contributed by atoms with E-state index in [0.29, 0.717) is 17.5 Å². The van der Waals surface area contributed by atoms with E-state index >= 15 is 0 Å². The summed E-state index contributed by atoms with van der Waals surface area (Å²) in [6, 6.07) is 16.7. The molecule has 1 fully saturated rings. The number of rotatable bonds is 8. The second kappa shape index (κ2) is 11.8. The number of aromatic nitrogens is 1. The van der Waals surface area contributed by atoms with Gasteiger partial charge in [0.1, 0.15) is 11.9 Å². The minimum absolute atomic E-state index is 0.127. The first-order valence-corrected chi connectivity index (χ1v) is 13.9. The Kier molecular flexibility index (Phi) is 8.19. The van der Waals surface area contributed by atoms with Crippen LogP contribution < -0.4 is 9.47 Å². The number of nitrogens with zero attached hydrogens (tertiary/aromatic N) is 2. The van der Waals surface area contributed by atoms with E-state index in [0.717, 1.165) is 48.4 Å². The molecule has 3 aromatic rings. The average molecular weight is 531 g/mol. The van der Waals surface area contributed by atoms with Crippen LogP contribution in [0.25, 0.3) is 11.1 Å². The predicted molar refractivity (Wildman–Crippen MR) is 150 cm³/mol. The molecule has 4 atom stereocenters. The summed E-state index contributed by atoms with van der Waals surface area (Å²) in [5.74, 6) is -0.617. The van der Waals surface area contributed by atoms with Gasteiger partial charge < -0.3 is 19.7 Å². The molecular formula is C32H38N2O5. The fraction of sp³-hybridized carbons (Fsp3) is 0.438. The van der Waals surface area contributed by atoms with Gasteiger partial charge in [-0.15, -0.1) is 0 Å². The normalized spacial score (nSPS) is 20.9. The van der Waals surface area contributed by atoms with E-state index in [1.807, 2.05) is 30.3 Å². The number of aliphatic hydroxyl groups excluding tert-OH is 1. The SMILES string of the molecule is COc1cc(-c2ccc(C3CCc4ccc([C@H](O)[C@H](C)C(=O)O)cc4O3)c(CN3CCCC[C@H]3C)c2)ccn1. The predicted octanol–water partition coefficient (Wildman–Crippen LogP) is 5.95. The number of hydrogen-bond acceptors (Lipinski definition) is 6. The van der Waals surface area contributed by atoms with Crippen molar-refractivity contribution in [3.8, 4) is 22.8 Å². The highest BCUT2D eigenvalue weighted by Gasteiger charge is 2.28. The summed E-state index contributed by atoms with van der Waals surface area (Å²) in [7, 11) is 1.63. The number of aliphatic carboxylic acids is 1. The fourth-order valence-electron chi connectivity index (χ4n) is 5.76. The number of pyridine rings is 1. The van der Waals surface area contributed by atoms with E-state index in [2.05, 4.69) is 35.0 Å². The number of aryl methyl sites for hydroxylation is 1. The molecule has 0 saturated carbocycles. The second-order valence-corrected chi connectivity index (χ2v) is 10.9. The Labute approximate surface area is 230 Å². The molecule has 0 aliphatic carbocycles. The highest BCUT2D eigenvalue weighted by atomic mass is 16.5. The van der Waals surface area contributed by atoms with Crippen molar-refractivity contribution in [2.45, 2.75) is 70.7 Å². The molecule has 0 amide bonds. The lowest BCUT2D eigenvalue weighted by Gasteiger charge is -2.35. The smallest absolute Gasteiger partial charge is 0.309 e. The molecule has 0 radical (unpaired) electrons. The molecule has 5 rings (SSSR count). The highest BCUT2D eigenvalue weighted by molar-refractivity contribution is 5.70. The van der Waals surface area contributed by atoms with Gasteiger partial charge in [-0.1, -0.05) is 30.7 Å². The monoisotopic (exact) mass is 530 g/mol. The van der Waals surface area contributed by atoms with Crippen molar-refractivity contribution in [2.24, 2.45) is 5.92 Å². The molecule has 1 unspecified atom stereocenters. The van der Waals surface area contributed by atoms with Crippen molar-refractivity contribution in [1.29, 1.82) is 0 Å². The van der Waals surface area contributed by atoms with Gasteiger partial charge in [0.05, 0.1) is 19.1 Å². The summed E-state index contributed by atoms with van der Waals surface area (Å²) in [5.41, 5.74) is 6.24. The van der Waals surface area contributed by atoms with Gasteiger partial charge in [0.15, 0.2) is 0 Å². The van der Waals surface area contributed by atoms with Crippen molar-refractivity contribution in [2.75, 3.05) is 13.7 Å². The summed E-state index contributed by atoms with van der Waals surface area (Å²) < 4.78 is 11.9. The minimum Gasteiger partial charge on any atom is -0.485 e. The Balaban J connectivity index is 1.47. The zero-order valence-corrected chi connectivity index (χ0v) is 23.0. The first-order valence-electron chi connectivity index (χ1n) is 13.9. The van der Waals surface area contributed by atoms with E-state index in [1.165, 1.54) is 37.3 Å². The molecule has 7 nitrogen and oxygen atoms in total. The van der Waals surface area contributed by atoms with Gasteiger partial charge in [-0.25, -0.2) is 4.98 Å². The van der Waals surface area contributed by atoms with E-state index < -0.39 is 18.0 Å². The molecule has 1 saturated heterocycles. The zero-order chi connectivity index (χ0) is 27.5. The molecule has 2 aromatic carbocycles. The molecule has 1 aromatic heterocycles. The molecule has 206 valence electrons. The number of hydrogen-bond donors (Lipinski definition) is 2. The van der Waals surface area contributed by atoms with Crippen LogP contribution in [0.2, 0.25) is 0 Å². The van der Waals surface area contributed by atoms with Crippen molar-refractivity contribution >= 4 is 5.97 Å². The summed E-state index contributed by atoms with van der Waals surface area (Å²) in [4.78, 5) is 18.3. The summed E-state index contributed by atoms with van der Waals surface area (Å²) in [5, 5.41) is 20.0. The van der Waals surface area contributed by atoms with Crippen molar-refractivity contribution in [3.63, 3.8) is 0 Å². The number of carboxylic acid groups (broad SMARTS) is 1. The fourth-order valence-corrected chi connectivity index (χ4v) is 5.76. The maximum absolute atomic E-state index is 11.4. The maximum atomic E-state index is 11.4. The van der Waals surface area contributed by atoms with Gasteiger partial charge in [-0.05, 0) is 97.7 Å². The molecule has 3 heterocycles. The van der Waals surface area contributed by atoms with Crippen LogP contribution in [-0.4, -0.2) is 45.8 Å². The summed E-state index contributed by atoms with van der Waals surface area (Å²) in [6.45, 7) is 5.78. The largest absolute Gasteiger partial charge is 0.485 e. The van der Waals surface area contributed by atoms with Gasteiger partial charge in [-0.2, -0.15) is 0 Å². The number of ether oxygens (including phenoxy) is 2. The Morgan fingerprint density at radius 3 is 2.72 bits per heavy atom. The van der Waals surface area contributed by atoms with Crippen molar-refractivity contribution < 1.29 is 24.5 Å². The standard InChI is InChI=1S/C32H38N2O5/c1-20-6-4-5-15-34(20)19-26-16-23(24-13-14-33-30(18-24)38-3)9-11-27(26)28-12-10-22-7-8-25(17-29(22)39-28)31(35)21(2)32(36)37/h7-9,11,13-14,16-18,20-21,28,31,35H,4-6,10,12,15,19H2,1-3H3,(H,36,37)/t20-,21+,28?,31-/m1/s1. The van der Waals surface area contributed by atoms with Crippen LogP contribution in [0.4, 0.5) is 0 Å². The third-order valence-electron chi connectivity index (χ3n) is 8.32. The van der Waals surface area contributed by atoms with Gasteiger partial charge in [0, 0.05) is 24.8 Å². The van der Waals surface area contributed by atoms with Crippen LogP contribution in [0.1, 0.15) is 74.0 Å². The van der Waals surface area contributed by atoms with E-state index in [-0.39, 0.29) is 6.10 Å². The number of benzene rings is 2. The molecule has 0 bridgehead atoms. The van der Waals surface area contributed by atoms with Crippen LogP contribution in [0.3, 0.4) is 0 Å². The van der Waals surface area contributed by atoms with Gasteiger partial charge in [-0.3, -0.25) is 9.69 Å². The number of aliphatic hydroxyl groups is 1. The lowest BCUT2D eigenvalue weighted by Crippen LogP contribution is -2.37. The van der Waals surface area contributed by atoms with Crippen LogP contribution in [0.15, 0.2) is 54.7 Å². The Morgan fingerprint density at radius 1 is 1.13 bits per heavy atom. The molecule has 0 spiro atoms. The zero-order valence-electron chi connectivity index (χ0n) is 23.0. The van der Waals surface area contributed by atoms with Crippen molar-refractivity contribution in [1.82, 2.24) is 9.88 Å². The number of carbonyl (C=O) groups is 1. The van der Waals surface area contributed by atoms with Crippen molar-refractivity contribution in [3.05, 3.63) is 77.0 Å². The summed E-state index contributed by atoms with van der Waals surface area (Å²) >= 11 is 0. The molecular weight excluding hydrogens is 492 g/mol. The third kappa shape index (κ3) is 5.94. The molecule has 2 aliphatic rings. The first kappa shape index (κ1) is 27.2. The minimum atomic E-state index is -1.09. The van der Waals surface area contributed by atoms with Gasteiger partial charge in [0.25, 0.3) is 0 Å². The topological polar surface area (TPSA) is 92.1 Å². The van der Waals surface area contributed by atoms with E-state index in [1.54, 1.807) is 13.3 Å². The third-order valence-corrected chi connectivity index (χ3v) is 8.32. The first-order chi connectivity index (χ1) is 18.8. The summed E-state index contributed by atoms with van der Waals surface area (Å²) in [6.07, 6.45) is 5.96. The molecule has 2 aliphatic heterocycles. The number of methoxy groups -OCH3 is 1. The van der Waals surface area contributed by atoms with Crippen LogP contribution in [-0.2, 0) is 17.8 Å². The second-order valence-electron chi connectivity index (χ2n) is 10.9. The van der Waals surface area contributed by atoms with E-state index in [9.17, 15) is 15.0 Å². The quantitative estimate of drug-likeness (QED) is 0.372. The van der Waals surface area contributed by atoms with Gasteiger partial charge in [0.2, 0.25) is 5.88 Å². The van der Waals surface area contributed by atoms with Crippen LogP contribution in [0.5, 0.6) is 11.6 Å². The van der Waals surface area contributed by atoms with Gasteiger partial charge >= 0.3 is 5.97 Å². The maximum Gasteiger partial charge on any atom is 0.309 e. The molecule has 7 heteroatoms. The lowest BCUT2D eigenvalue weighted by atomic mass is 9.90. The van der Waals surface area contributed by atoms with Crippen LogP contribution >= 0.6 is 0 Å². The average Bonchev–Trinajstić information content (AvgIpc) is 2.97. The lowest BCUT2D eigenvalue weighted by molar-refractivity contribution is -0.145. The van der Waals surface area contributed by atoms with E-state index in [4.69, 9.17) is 9.47 Å². The highest BCUT2D eigenvalue weighted by Crippen LogP contribution is 2.40. The Morgan fingerprint density at radius 2 is 1.95 bits per heavy atom. The number of piperidine rings is 1. The molecule has 39 heavy (non-hydrogen) atoms. The Bertz CT molecular complexity index is 1330. The van der Waals surface area contributed by atoms with Crippen LogP contribution in [0, 0.1) is 5.92 Å². The number of carboxylic acids is 1.